The average molecular weight is 218 g/mol. The van der Waals surface area contributed by atoms with Crippen LogP contribution in [-0.2, 0) is 4.79 Å². The number of nitrogens with zero attached hydrogens (tertiary/aromatic N) is 1. The van der Waals surface area contributed by atoms with E-state index in [1.165, 1.54) is 13.8 Å². The zero-order valence-corrected chi connectivity index (χ0v) is 8.11. The minimum atomic E-state index is -4.13. The van der Waals surface area contributed by atoms with Crippen LogP contribution in [0, 0.1) is 0 Å². The highest BCUT2D eigenvalue weighted by Gasteiger charge is 2.49. The van der Waals surface area contributed by atoms with Crippen molar-refractivity contribution in [3.63, 3.8) is 0 Å². The monoisotopic (exact) mass is 217 g/mol. The number of hydrogen-bond donors (Lipinski definition) is 0. The number of alkyl halides is 4. The third-order valence-corrected chi connectivity index (χ3v) is 1.88. The molecule has 0 radical (unpaired) electrons. The summed E-state index contributed by atoms with van der Waals surface area (Å²) in [6.45, 7) is 3.26. The maximum atomic E-state index is 12.7. The Kier molecular flexibility index (Phi) is 4.53. The molecule has 0 aliphatic rings. The number of halogens is 4. The Hall–Kier alpha value is -0.450. The normalized spacial score (nSPS) is 14.0. The van der Waals surface area contributed by atoms with Gasteiger partial charge in [-0.25, -0.2) is 4.39 Å². The number of amides is 1. The molecule has 0 fully saturated rings. The van der Waals surface area contributed by atoms with E-state index in [-0.39, 0.29) is 13.1 Å². The molecule has 0 aromatic carbocycles. The maximum absolute atomic E-state index is 12.7. The lowest BCUT2D eigenvalue weighted by molar-refractivity contribution is -0.161. The zero-order valence-electron chi connectivity index (χ0n) is 7.36. The van der Waals surface area contributed by atoms with E-state index in [0.29, 0.717) is 0 Å². The first-order valence-electron chi connectivity index (χ1n) is 3.83. The number of hydrogen-bond acceptors (Lipinski definition) is 1. The molecular formula is C7H11ClF3NO. The highest BCUT2D eigenvalue weighted by Crippen LogP contribution is 2.26. The van der Waals surface area contributed by atoms with Crippen LogP contribution in [0.15, 0.2) is 0 Å². The summed E-state index contributed by atoms with van der Waals surface area (Å²) in [5.41, 5.74) is -2.97. The lowest BCUT2D eigenvalue weighted by Gasteiger charge is -2.24. The molecule has 1 amide bonds. The first-order chi connectivity index (χ1) is 5.87. The van der Waals surface area contributed by atoms with Crippen LogP contribution in [0.3, 0.4) is 0 Å². The third-order valence-electron chi connectivity index (χ3n) is 1.61. The van der Waals surface area contributed by atoms with Gasteiger partial charge in [0, 0.05) is 13.1 Å². The van der Waals surface area contributed by atoms with Gasteiger partial charge in [0.1, 0.15) is 0 Å². The second kappa shape index (κ2) is 4.69. The highest BCUT2D eigenvalue weighted by atomic mass is 35.5. The van der Waals surface area contributed by atoms with Crippen molar-refractivity contribution in [2.75, 3.05) is 13.1 Å². The Bertz CT molecular complexity index is 183. The van der Waals surface area contributed by atoms with Crippen LogP contribution in [0.5, 0.6) is 0 Å². The van der Waals surface area contributed by atoms with Crippen LogP contribution in [0.25, 0.3) is 0 Å². The molecule has 0 saturated heterocycles. The fourth-order valence-electron chi connectivity index (χ4n) is 0.815. The first kappa shape index (κ1) is 12.5. The van der Waals surface area contributed by atoms with Gasteiger partial charge in [-0.15, -0.1) is 0 Å². The van der Waals surface area contributed by atoms with Gasteiger partial charge < -0.3 is 4.90 Å². The second-order valence-electron chi connectivity index (χ2n) is 2.40. The summed E-state index contributed by atoms with van der Waals surface area (Å²) in [6.07, 6.45) is 0. The van der Waals surface area contributed by atoms with Gasteiger partial charge in [-0.3, -0.25) is 4.79 Å². The smallest absolute Gasteiger partial charge is 0.338 e. The van der Waals surface area contributed by atoms with Gasteiger partial charge in [-0.05, 0) is 13.8 Å². The van der Waals surface area contributed by atoms with E-state index in [1.54, 1.807) is 0 Å². The molecule has 0 rings (SSSR count). The Labute approximate surface area is 79.7 Å². The van der Waals surface area contributed by atoms with E-state index < -0.39 is 17.5 Å². The molecule has 0 aliphatic carbocycles. The summed E-state index contributed by atoms with van der Waals surface area (Å²) >= 11 is 4.56. The maximum Gasteiger partial charge on any atom is 0.368 e. The highest BCUT2D eigenvalue weighted by molar-refractivity contribution is 6.22. The molecule has 0 aromatic heterocycles. The van der Waals surface area contributed by atoms with Gasteiger partial charge in [0.2, 0.25) is 5.63 Å². The summed E-state index contributed by atoms with van der Waals surface area (Å²) in [5, 5.41) is 0. The predicted octanol–water partition coefficient (Wildman–Crippen LogP) is 2.02. The third kappa shape index (κ3) is 2.76. The first-order valence-corrected chi connectivity index (χ1v) is 4.26. The van der Waals surface area contributed by atoms with E-state index >= 15 is 0 Å². The summed E-state index contributed by atoms with van der Waals surface area (Å²) in [6, 6.07) is 0. The molecule has 13 heavy (non-hydrogen) atoms. The Morgan fingerprint density at radius 1 is 1.46 bits per heavy atom. The van der Waals surface area contributed by atoms with E-state index in [2.05, 4.69) is 11.6 Å². The van der Waals surface area contributed by atoms with E-state index in [9.17, 15) is 18.0 Å². The van der Waals surface area contributed by atoms with Crippen molar-refractivity contribution in [3.05, 3.63) is 0 Å². The van der Waals surface area contributed by atoms with Gasteiger partial charge in [-0.1, -0.05) is 11.6 Å². The number of rotatable bonds is 4. The molecule has 0 saturated carbocycles. The van der Waals surface area contributed by atoms with Crippen molar-refractivity contribution in [3.8, 4) is 0 Å². The molecule has 0 heterocycles. The predicted molar refractivity (Wildman–Crippen MR) is 43.6 cm³/mol. The largest absolute Gasteiger partial charge is 0.368 e. The number of carbonyl (C=O) groups is 1. The van der Waals surface area contributed by atoms with E-state index in [0.717, 1.165) is 4.90 Å². The topological polar surface area (TPSA) is 20.3 Å². The quantitative estimate of drug-likeness (QED) is 0.660. The van der Waals surface area contributed by atoms with Crippen molar-refractivity contribution in [2.45, 2.75) is 25.4 Å². The molecule has 6 heteroatoms. The Morgan fingerprint density at radius 3 is 2.08 bits per heavy atom. The Morgan fingerprint density at radius 2 is 1.85 bits per heavy atom. The molecule has 1 atom stereocenters. The zero-order chi connectivity index (χ0) is 10.6. The van der Waals surface area contributed by atoms with Crippen LogP contribution in [0.4, 0.5) is 13.2 Å². The lowest BCUT2D eigenvalue weighted by atomic mass is 10.3. The molecule has 0 spiro atoms. The van der Waals surface area contributed by atoms with Crippen molar-refractivity contribution in [1.82, 2.24) is 4.90 Å². The standard InChI is InChI=1S/C7H11ClF3NO/c1-3-12(4-2)6(13)7(10,11)5(8)9/h5H,3-4H2,1-2H3. The van der Waals surface area contributed by atoms with E-state index in [4.69, 9.17) is 0 Å². The van der Waals surface area contributed by atoms with Gasteiger partial charge in [0.25, 0.3) is 5.91 Å². The van der Waals surface area contributed by atoms with Crippen LogP contribution < -0.4 is 0 Å². The van der Waals surface area contributed by atoms with Gasteiger partial charge in [0.05, 0.1) is 0 Å². The number of carbonyl (C=O) groups excluding carboxylic acids is 1. The minimum Gasteiger partial charge on any atom is -0.338 e. The van der Waals surface area contributed by atoms with Crippen molar-refractivity contribution in [1.29, 1.82) is 0 Å². The molecule has 1 unspecified atom stereocenters. The van der Waals surface area contributed by atoms with Crippen molar-refractivity contribution >= 4 is 17.5 Å². The average Bonchev–Trinajstić information content (AvgIpc) is 2.06. The molecule has 0 N–H and O–H groups in total. The fraction of sp³-hybridized carbons (Fsp3) is 0.857. The molecular weight excluding hydrogens is 207 g/mol. The Balaban J connectivity index is 4.56. The summed E-state index contributed by atoms with van der Waals surface area (Å²) in [5.74, 6) is -5.70. The summed E-state index contributed by atoms with van der Waals surface area (Å²) < 4.78 is 37.5. The second-order valence-corrected chi connectivity index (χ2v) is 2.78. The van der Waals surface area contributed by atoms with Crippen molar-refractivity contribution < 1.29 is 18.0 Å². The molecule has 2 nitrogen and oxygen atoms in total. The fourth-order valence-corrected chi connectivity index (χ4v) is 0.908. The van der Waals surface area contributed by atoms with Crippen LogP contribution in [0.2, 0.25) is 0 Å². The molecule has 78 valence electrons. The van der Waals surface area contributed by atoms with Crippen LogP contribution in [-0.4, -0.2) is 35.4 Å². The van der Waals surface area contributed by atoms with Gasteiger partial charge in [0.15, 0.2) is 0 Å². The summed E-state index contributed by atoms with van der Waals surface area (Å²) in [7, 11) is 0. The van der Waals surface area contributed by atoms with Crippen molar-refractivity contribution in [2.24, 2.45) is 0 Å². The minimum absolute atomic E-state index is 0.106. The SMILES string of the molecule is CCN(CC)C(=O)C(F)(F)C(F)Cl. The lowest BCUT2D eigenvalue weighted by Crippen LogP contribution is -2.47. The molecule has 0 bridgehead atoms. The molecule has 0 aromatic rings. The van der Waals surface area contributed by atoms with Gasteiger partial charge >= 0.3 is 5.92 Å². The van der Waals surface area contributed by atoms with Gasteiger partial charge in [-0.2, -0.15) is 8.78 Å². The van der Waals surface area contributed by atoms with Crippen LogP contribution >= 0.6 is 11.6 Å². The summed E-state index contributed by atoms with van der Waals surface area (Å²) in [4.78, 5) is 11.7. The van der Waals surface area contributed by atoms with E-state index in [1.807, 2.05) is 0 Å². The van der Waals surface area contributed by atoms with Crippen LogP contribution in [0.1, 0.15) is 13.8 Å². The molecule has 0 aliphatic heterocycles.